The molecule has 1 aromatic carbocycles. The molecule has 1 atom stereocenters. The summed E-state index contributed by atoms with van der Waals surface area (Å²) >= 11 is 0. The molecule has 114 valence electrons. The number of benzene rings is 1. The second-order valence-electron chi connectivity index (χ2n) is 5.30. The summed E-state index contributed by atoms with van der Waals surface area (Å²) in [5, 5.41) is 0. The number of hydrogen-bond donors (Lipinski definition) is 1. The van der Waals surface area contributed by atoms with E-state index in [2.05, 4.69) is 9.97 Å². The van der Waals surface area contributed by atoms with E-state index in [0.29, 0.717) is 30.4 Å². The van der Waals surface area contributed by atoms with E-state index >= 15 is 0 Å². The Hall–Kier alpha value is -2.47. The Bertz CT molecular complexity index is 689. The third-order valence-corrected chi connectivity index (χ3v) is 3.72. The first-order valence-corrected chi connectivity index (χ1v) is 7.19. The molecule has 3 rings (SSSR count). The molecule has 2 heterocycles. The summed E-state index contributed by atoms with van der Waals surface area (Å²) in [5.41, 5.74) is 7.27. The Labute approximate surface area is 128 Å². The zero-order valence-corrected chi connectivity index (χ0v) is 12.4. The summed E-state index contributed by atoms with van der Waals surface area (Å²) in [4.78, 5) is 22.8. The number of carbonyl (C=O) groups is 1. The predicted octanol–water partition coefficient (Wildman–Crippen LogP) is 1.33. The van der Waals surface area contributed by atoms with Gasteiger partial charge in [-0.1, -0.05) is 12.1 Å². The summed E-state index contributed by atoms with van der Waals surface area (Å²) in [5.74, 6) is 1.03. The van der Waals surface area contributed by atoms with Gasteiger partial charge in [-0.2, -0.15) is 4.98 Å². The quantitative estimate of drug-likeness (QED) is 0.924. The van der Waals surface area contributed by atoms with Gasteiger partial charge in [-0.15, -0.1) is 0 Å². The number of aromatic nitrogens is 2. The SMILES string of the molecule is COc1ccnc(-c2cccc(C(=O)N3CCC(N)C3)c2)n1. The molecule has 1 aliphatic heterocycles. The Kier molecular flexibility index (Phi) is 4.02. The van der Waals surface area contributed by atoms with E-state index < -0.39 is 0 Å². The lowest BCUT2D eigenvalue weighted by Crippen LogP contribution is -2.31. The lowest BCUT2D eigenvalue weighted by atomic mass is 10.1. The van der Waals surface area contributed by atoms with E-state index in [-0.39, 0.29) is 11.9 Å². The fraction of sp³-hybridized carbons (Fsp3) is 0.312. The molecule has 0 bridgehead atoms. The van der Waals surface area contributed by atoms with Gasteiger partial charge < -0.3 is 15.4 Å². The van der Waals surface area contributed by atoms with Gasteiger partial charge in [0.25, 0.3) is 5.91 Å². The number of nitrogens with zero attached hydrogens (tertiary/aromatic N) is 3. The number of methoxy groups -OCH3 is 1. The first kappa shape index (κ1) is 14.5. The monoisotopic (exact) mass is 298 g/mol. The molecule has 1 unspecified atom stereocenters. The molecule has 1 amide bonds. The van der Waals surface area contributed by atoms with Crippen molar-refractivity contribution in [3.63, 3.8) is 0 Å². The molecule has 0 saturated carbocycles. The minimum Gasteiger partial charge on any atom is -0.481 e. The molecule has 1 aliphatic rings. The normalized spacial score (nSPS) is 17.5. The summed E-state index contributed by atoms with van der Waals surface area (Å²) in [6, 6.07) is 9.08. The molecular formula is C16H18N4O2. The number of nitrogens with two attached hydrogens (primary N) is 1. The molecule has 1 saturated heterocycles. The van der Waals surface area contributed by atoms with Crippen LogP contribution in [0.5, 0.6) is 5.88 Å². The maximum Gasteiger partial charge on any atom is 0.253 e. The molecule has 6 nitrogen and oxygen atoms in total. The van der Waals surface area contributed by atoms with Gasteiger partial charge in [0.05, 0.1) is 7.11 Å². The Morgan fingerprint density at radius 3 is 3.00 bits per heavy atom. The number of likely N-dealkylation sites (tertiary alicyclic amines) is 1. The zero-order chi connectivity index (χ0) is 15.5. The van der Waals surface area contributed by atoms with Crippen molar-refractivity contribution in [1.82, 2.24) is 14.9 Å². The number of carbonyl (C=O) groups excluding carboxylic acids is 1. The van der Waals surface area contributed by atoms with E-state index in [4.69, 9.17) is 10.5 Å². The first-order valence-electron chi connectivity index (χ1n) is 7.19. The standard InChI is InChI=1S/C16H18N4O2/c1-22-14-5-7-18-15(19-14)11-3-2-4-12(9-11)16(21)20-8-6-13(17)10-20/h2-5,7,9,13H,6,8,10,17H2,1H3. The van der Waals surface area contributed by atoms with Gasteiger partial charge in [0, 0.05) is 42.5 Å². The third-order valence-electron chi connectivity index (χ3n) is 3.72. The Balaban J connectivity index is 1.87. The molecule has 0 radical (unpaired) electrons. The van der Waals surface area contributed by atoms with Crippen LogP contribution in [0.1, 0.15) is 16.8 Å². The maximum atomic E-state index is 12.5. The Morgan fingerprint density at radius 2 is 2.27 bits per heavy atom. The highest BCUT2D eigenvalue weighted by Gasteiger charge is 2.24. The van der Waals surface area contributed by atoms with Crippen LogP contribution in [0.4, 0.5) is 0 Å². The van der Waals surface area contributed by atoms with Crippen LogP contribution in [-0.4, -0.2) is 47.0 Å². The van der Waals surface area contributed by atoms with Crippen LogP contribution in [0.2, 0.25) is 0 Å². The largest absolute Gasteiger partial charge is 0.481 e. The van der Waals surface area contributed by atoms with Crippen LogP contribution in [0.25, 0.3) is 11.4 Å². The minimum absolute atomic E-state index is 0.00213. The molecule has 1 aromatic heterocycles. The van der Waals surface area contributed by atoms with Crippen molar-refractivity contribution >= 4 is 5.91 Å². The van der Waals surface area contributed by atoms with E-state index in [1.807, 2.05) is 12.1 Å². The zero-order valence-electron chi connectivity index (χ0n) is 12.4. The molecule has 0 spiro atoms. The number of rotatable bonds is 3. The van der Waals surface area contributed by atoms with Crippen molar-refractivity contribution in [3.8, 4) is 17.3 Å². The average Bonchev–Trinajstić information content (AvgIpc) is 3.01. The van der Waals surface area contributed by atoms with Crippen LogP contribution in [0, 0.1) is 0 Å². The smallest absolute Gasteiger partial charge is 0.253 e. The van der Waals surface area contributed by atoms with Gasteiger partial charge in [-0.05, 0) is 18.6 Å². The van der Waals surface area contributed by atoms with Crippen molar-refractivity contribution in [2.24, 2.45) is 5.73 Å². The van der Waals surface area contributed by atoms with Crippen molar-refractivity contribution in [2.45, 2.75) is 12.5 Å². The van der Waals surface area contributed by atoms with Crippen molar-refractivity contribution in [1.29, 1.82) is 0 Å². The van der Waals surface area contributed by atoms with Gasteiger partial charge in [-0.25, -0.2) is 4.98 Å². The summed E-state index contributed by atoms with van der Waals surface area (Å²) in [6.45, 7) is 1.32. The molecule has 1 fully saturated rings. The van der Waals surface area contributed by atoms with Gasteiger partial charge in [0.1, 0.15) is 0 Å². The second kappa shape index (κ2) is 6.11. The Morgan fingerprint density at radius 1 is 1.41 bits per heavy atom. The van der Waals surface area contributed by atoms with Crippen LogP contribution in [0.3, 0.4) is 0 Å². The van der Waals surface area contributed by atoms with E-state index in [1.165, 1.54) is 0 Å². The second-order valence-corrected chi connectivity index (χ2v) is 5.30. The fourth-order valence-corrected chi connectivity index (χ4v) is 2.54. The highest BCUT2D eigenvalue weighted by atomic mass is 16.5. The van der Waals surface area contributed by atoms with E-state index in [0.717, 1.165) is 12.0 Å². The maximum absolute atomic E-state index is 12.5. The summed E-state index contributed by atoms with van der Waals surface area (Å²) < 4.78 is 5.11. The van der Waals surface area contributed by atoms with Crippen LogP contribution < -0.4 is 10.5 Å². The molecule has 0 aliphatic carbocycles. The molecular weight excluding hydrogens is 280 g/mol. The average molecular weight is 298 g/mol. The van der Waals surface area contributed by atoms with Crippen molar-refractivity contribution < 1.29 is 9.53 Å². The van der Waals surface area contributed by atoms with Crippen LogP contribution in [-0.2, 0) is 0 Å². The molecule has 2 aromatic rings. The summed E-state index contributed by atoms with van der Waals surface area (Å²) in [7, 11) is 1.56. The highest BCUT2D eigenvalue weighted by molar-refractivity contribution is 5.95. The van der Waals surface area contributed by atoms with Crippen LogP contribution in [0.15, 0.2) is 36.5 Å². The van der Waals surface area contributed by atoms with Crippen LogP contribution >= 0.6 is 0 Å². The van der Waals surface area contributed by atoms with Gasteiger partial charge in [0.15, 0.2) is 5.82 Å². The molecule has 2 N–H and O–H groups in total. The van der Waals surface area contributed by atoms with E-state index in [9.17, 15) is 4.79 Å². The first-order chi connectivity index (χ1) is 10.7. The van der Waals surface area contributed by atoms with Crippen molar-refractivity contribution in [2.75, 3.05) is 20.2 Å². The van der Waals surface area contributed by atoms with E-state index in [1.54, 1.807) is 36.4 Å². The fourth-order valence-electron chi connectivity index (χ4n) is 2.54. The highest BCUT2D eigenvalue weighted by Crippen LogP contribution is 2.20. The van der Waals surface area contributed by atoms with Gasteiger partial charge in [-0.3, -0.25) is 4.79 Å². The lowest BCUT2D eigenvalue weighted by molar-refractivity contribution is 0.0791. The lowest BCUT2D eigenvalue weighted by Gasteiger charge is -2.16. The van der Waals surface area contributed by atoms with Crippen molar-refractivity contribution in [3.05, 3.63) is 42.1 Å². The molecule has 22 heavy (non-hydrogen) atoms. The third kappa shape index (κ3) is 2.92. The van der Waals surface area contributed by atoms with Gasteiger partial charge in [0.2, 0.25) is 5.88 Å². The number of hydrogen-bond acceptors (Lipinski definition) is 5. The van der Waals surface area contributed by atoms with Gasteiger partial charge >= 0.3 is 0 Å². The number of amides is 1. The molecule has 6 heteroatoms. The topological polar surface area (TPSA) is 81.3 Å². The minimum atomic E-state index is -0.00213. The predicted molar refractivity (Wildman–Crippen MR) is 82.5 cm³/mol. The summed E-state index contributed by atoms with van der Waals surface area (Å²) in [6.07, 6.45) is 2.49. The number of ether oxygens (including phenoxy) is 1.